The number of fused-ring (bicyclic) bond motifs is 1. The predicted octanol–water partition coefficient (Wildman–Crippen LogP) is 5.00. The van der Waals surface area contributed by atoms with Gasteiger partial charge in [0.1, 0.15) is 0 Å². The van der Waals surface area contributed by atoms with Crippen LogP contribution in [0.15, 0.2) is 59.0 Å². The molecule has 1 aliphatic rings. The molecule has 0 saturated carbocycles. The Morgan fingerprint density at radius 1 is 1.03 bits per heavy atom. The van der Waals surface area contributed by atoms with Crippen molar-refractivity contribution in [3.05, 3.63) is 65.0 Å². The van der Waals surface area contributed by atoms with Crippen LogP contribution in [0.1, 0.15) is 48.5 Å². The summed E-state index contributed by atoms with van der Waals surface area (Å²) >= 11 is 1.66. The van der Waals surface area contributed by atoms with Gasteiger partial charge in [0.25, 0.3) is 0 Å². The number of hydrazone groups is 1. The van der Waals surface area contributed by atoms with Crippen LogP contribution in [0.3, 0.4) is 0 Å². The van der Waals surface area contributed by atoms with Crippen molar-refractivity contribution >= 4 is 44.5 Å². The summed E-state index contributed by atoms with van der Waals surface area (Å²) < 4.78 is 1.19. The van der Waals surface area contributed by atoms with Gasteiger partial charge in [-0.1, -0.05) is 18.2 Å². The lowest BCUT2D eigenvalue weighted by Gasteiger charge is -2.17. The van der Waals surface area contributed by atoms with Gasteiger partial charge < -0.3 is 4.90 Å². The van der Waals surface area contributed by atoms with Crippen molar-refractivity contribution in [1.29, 1.82) is 0 Å². The monoisotopic (exact) mass is 419 g/mol. The van der Waals surface area contributed by atoms with Crippen LogP contribution >= 0.6 is 11.3 Å². The van der Waals surface area contributed by atoms with Gasteiger partial charge in [-0.2, -0.15) is 5.10 Å². The van der Waals surface area contributed by atoms with E-state index in [2.05, 4.69) is 27.6 Å². The molecule has 154 valence electrons. The number of carbonyl (C=O) groups is 2. The third-order valence-electron chi connectivity index (χ3n) is 5.46. The highest BCUT2D eigenvalue weighted by atomic mass is 32.1. The van der Waals surface area contributed by atoms with Gasteiger partial charge in [-0.15, -0.1) is 11.3 Å². The summed E-state index contributed by atoms with van der Waals surface area (Å²) in [5, 5.41) is 7.41. The van der Waals surface area contributed by atoms with Gasteiger partial charge >= 0.3 is 0 Å². The first-order chi connectivity index (χ1) is 14.6. The van der Waals surface area contributed by atoms with Gasteiger partial charge in [-0.3, -0.25) is 9.59 Å². The molecule has 0 aliphatic carbocycles. The van der Waals surface area contributed by atoms with Gasteiger partial charge in [-0.25, -0.2) is 5.43 Å². The van der Waals surface area contributed by atoms with Crippen molar-refractivity contribution in [3.63, 3.8) is 0 Å². The lowest BCUT2D eigenvalue weighted by Crippen LogP contribution is -2.20. The van der Waals surface area contributed by atoms with Crippen molar-refractivity contribution < 1.29 is 9.59 Å². The third-order valence-corrected chi connectivity index (χ3v) is 6.42. The molecular weight excluding hydrogens is 394 g/mol. The third kappa shape index (κ3) is 4.60. The average molecular weight is 420 g/mol. The Hall–Kier alpha value is -2.99. The quantitative estimate of drug-likeness (QED) is 0.333. The van der Waals surface area contributed by atoms with E-state index in [-0.39, 0.29) is 24.5 Å². The topological polar surface area (TPSA) is 61.8 Å². The minimum Gasteiger partial charge on any atom is -0.372 e. The van der Waals surface area contributed by atoms with Gasteiger partial charge in [0.15, 0.2) is 5.78 Å². The molecule has 0 atom stereocenters. The maximum atomic E-state index is 12.4. The maximum Gasteiger partial charge on any atom is 0.240 e. The number of thiophene rings is 1. The minimum atomic E-state index is -0.254. The molecule has 1 saturated heterocycles. The Bertz CT molecular complexity index is 1080. The van der Waals surface area contributed by atoms with E-state index in [0.717, 1.165) is 35.4 Å². The van der Waals surface area contributed by atoms with Crippen molar-refractivity contribution in [2.45, 2.75) is 32.6 Å². The highest BCUT2D eigenvalue weighted by molar-refractivity contribution is 7.17. The molecule has 5 nitrogen and oxygen atoms in total. The predicted molar refractivity (Wildman–Crippen MR) is 124 cm³/mol. The molecule has 0 bridgehead atoms. The molecule has 1 aliphatic heterocycles. The number of nitrogens with one attached hydrogen (secondary N) is 1. The van der Waals surface area contributed by atoms with Crippen LogP contribution in [0.5, 0.6) is 0 Å². The van der Waals surface area contributed by atoms with E-state index in [1.807, 2.05) is 48.7 Å². The SMILES string of the molecule is C/C(=N\NC(=O)CCC(=O)c1ccc(N2CCCC2)cc1)c1csc2ccccc12. The Balaban J connectivity index is 1.30. The zero-order chi connectivity index (χ0) is 20.9. The number of amides is 1. The molecule has 1 aromatic heterocycles. The Kier molecular flexibility index (Phi) is 6.23. The Labute approximate surface area is 180 Å². The fourth-order valence-corrected chi connectivity index (χ4v) is 4.73. The molecule has 6 heteroatoms. The normalized spacial score (nSPS) is 14.3. The number of nitrogens with zero attached hydrogens (tertiary/aromatic N) is 2. The van der Waals surface area contributed by atoms with Crippen LogP contribution in [-0.4, -0.2) is 30.5 Å². The molecule has 2 heterocycles. The van der Waals surface area contributed by atoms with E-state index in [1.165, 1.54) is 17.5 Å². The van der Waals surface area contributed by atoms with Gasteiger partial charge in [0.2, 0.25) is 5.91 Å². The second-order valence-electron chi connectivity index (χ2n) is 7.54. The van der Waals surface area contributed by atoms with Crippen LogP contribution in [0, 0.1) is 0 Å². The highest BCUT2D eigenvalue weighted by Crippen LogP contribution is 2.26. The van der Waals surface area contributed by atoms with Crippen molar-refractivity contribution in [3.8, 4) is 0 Å². The van der Waals surface area contributed by atoms with Crippen molar-refractivity contribution in [1.82, 2.24) is 5.43 Å². The summed E-state index contributed by atoms with van der Waals surface area (Å²) in [7, 11) is 0. The molecule has 0 unspecified atom stereocenters. The van der Waals surface area contributed by atoms with Gasteiger partial charge in [0.05, 0.1) is 5.71 Å². The van der Waals surface area contributed by atoms with E-state index >= 15 is 0 Å². The van der Waals surface area contributed by atoms with Crippen molar-refractivity contribution in [2.75, 3.05) is 18.0 Å². The number of hydrogen-bond acceptors (Lipinski definition) is 5. The minimum absolute atomic E-state index is 0.0253. The average Bonchev–Trinajstić information content (AvgIpc) is 3.46. The Morgan fingerprint density at radius 3 is 2.53 bits per heavy atom. The molecule has 2 aromatic carbocycles. The highest BCUT2D eigenvalue weighted by Gasteiger charge is 2.14. The van der Waals surface area contributed by atoms with Crippen LogP contribution in [0.25, 0.3) is 10.1 Å². The second-order valence-corrected chi connectivity index (χ2v) is 8.45. The lowest BCUT2D eigenvalue weighted by molar-refractivity contribution is -0.121. The summed E-state index contributed by atoms with van der Waals surface area (Å²) in [4.78, 5) is 26.9. The largest absolute Gasteiger partial charge is 0.372 e. The summed E-state index contributed by atoms with van der Waals surface area (Å²) in [5.41, 5.74) is 6.16. The first-order valence-corrected chi connectivity index (χ1v) is 11.2. The summed E-state index contributed by atoms with van der Waals surface area (Å²) in [5.74, 6) is -0.279. The molecule has 30 heavy (non-hydrogen) atoms. The smallest absolute Gasteiger partial charge is 0.240 e. The van der Waals surface area contributed by atoms with E-state index in [1.54, 1.807) is 11.3 Å². The maximum absolute atomic E-state index is 12.4. The van der Waals surface area contributed by atoms with E-state index in [9.17, 15) is 9.59 Å². The summed E-state index contributed by atoms with van der Waals surface area (Å²) in [6.45, 7) is 4.03. The molecule has 4 rings (SSSR count). The Morgan fingerprint density at radius 2 is 1.77 bits per heavy atom. The first-order valence-electron chi connectivity index (χ1n) is 10.3. The van der Waals surface area contributed by atoms with Crippen LogP contribution in [0.2, 0.25) is 0 Å². The number of anilines is 1. The molecule has 1 N–H and O–H groups in total. The fourth-order valence-electron chi connectivity index (χ4n) is 3.73. The number of carbonyl (C=O) groups excluding carboxylic acids is 2. The standard InChI is InChI=1S/C24H25N3O2S/c1-17(21-16-30-23-7-3-2-6-20(21)23)25-26-24(29)13-12-22(28)18-8-10-19(11-9-18)27-14-4-5-15-27/h2-3,6-11,16H,4-5,12-15H2,1H3,(H,26,29)/b25-17+. The molecule has 1 fully saturated rings. The van der Waals surface area contributed by atoms with E-state index in [0.29, 0.717) is 5.56 Å². The molecule has 0 spiro atoms. The van der Waals surface area contributed by atoms with Crippen LogP contribution in [-0.2, 0) is 4.79 Å². The van der Waals surface area contributed by atoms with Crippen LogP contribution in [0.4, 0.5) is 5.69 Å². The number of hydrogen-bond donors (Lipinski definition) is 1. The molecule has 0 radical (unpaired) electrons. The zero-order valence-corrected chi connectivity index (χ0v) is 17.9. The molecule has 3 aromatic rings. The number of rotatable bonds is 7. The molecule has 1 amide bonds. The second kappa shape index (κ2) is 9.22. The van der Waals surface area contributed by atoms with Gasteiger partial charge in [0, 0.05) is 58.2 Å². The fraction of sp³-hybridized carbons (Fsp3) is 0.292. The lowest BCUT2D eigenvalue weighted by atomic mass is 10.1. The summed E-state index contributed by atoms with van der Waals surface area (Å²) in [6, 6.07) is 15.8. The number of benzene rings is 2. The zero-order valence-electron chi connectivity index (χ0n) is 17.1. The van der Waals surface area contributed by atoms with E-state index < -0.39 is 0 Å². The van der Waals surface area contributed by atoms with Crippen LogP contribution < -0.4 is 10.3 Å². The van der Waals surface area contributed by atoms with Gasteiger partial charge in [-0.05, 0) is 50.1 Å². The summed E-state index contributed by atoms with van der Waals surface area (Å²) in [6.07, 6.45) is 2.74. The number of Topliss-reactive ketones (excluding diaryl/α,β-unsaturated/α-hetero) is 1. The van der Waals surface area contributed by atoms with Crippen molar-refractivity contribution in [2.24, 2.45) is 5.10 Å². The molecular formula is C24H25N3O2S. The first kappa shape index (κ1) is 20.3. The van der Waals surface area contributed by atoms with E-state index in [4.69, 9.17) is 0 Å². The number of ketones is 1.